The average Bonchev–Trinajstić information content (AvgIpc) is 3.23. The van der Waals surface area contributed by atoms with E-state index in [1.165, 1.54) is 44.1 Å². The van der Waals surface area contributed by atoms with Crippen molar-refractivity contribution in [2.45, 2.75) is 25.3 Å². The zero-order chi connectivity index (χ0) is 19.5. The Hall–Kier alpha value is -1.76. The van der Waals surface area contributed by atoms with Gasteiger partial charge in [0.15, 0.2) is 0 Å². The summed E-state index contributed by atoms with van der Waals surface area (Å²) in [5.74, 6) is 1.95. The Bertz CT molecular complexity index is 789. The highest BCUT2D eigenvalue weighted by Gasteiger charge is 2.40. The number of hydrogen-bond acceptors (Lipinski definition) is 5. The maximum absolute atomic E-state index is 13.5. The van der Waals surface area contributed by atoms with E-state index in [0.717, 1.165) is 37.2 Å². The summed E-state index contributed by atoms with van der Waals surface area (Å²) in [6.07, 6.45) is 3.45. The van der Waals surface area contributed by atoms with E-state index in [1.807, 2.05) is 12.1 Å². The zero-order valence-electron chi connectivity index (χ0n) is 16.1. The Morgan fingerprint density at radius 2 is 1.96 bits per heavy atom. The molecule has 0 radical (unpaired) electrons. The van der Waals surface area contributed by atoms with Gasteiger partial charge in [-0.25, -0.2) is 4.39 Å². The third-order valence-electron chi connectivity index (χ3n) is 5.87. The molecule has 1 aliphatic heterocycles. The molecular weight excluding hydrogens is 379 g/mol. The first kappa shape index (κ1) is 19.6. The Labute approximate surface area is 170 Å². The fraction of sp³-hybridized carbons (Fsp3) is 0.524. The minimum atomic E-state index is -0.336. The fourth-order valence-corrected chi connectivity index (χ4v) is 4.80. The lowest BCUT2D eigenvalue weighted by molar-refractivity contribution is 0.177. The smallest absolute Gasteiger partial charge is 0.148 e. The van der Waals surface area contributed by atoms with E-state index >= 15 is 0 Å². The van der Waals surface area contributed by atoms with Gasteiger partial charge in [-0.1, -0.05) is 11.6 Å². The van der Waals surface area contributed by atoms with Gasteiger partial charge in [-0.2, -0.15) is 0 Å². The van der Waals surface area contributed by atoms with E-state index in [2.05, 4.69) is 20.4 Å². The lowest BCUT2D eigenvalue weighted by atomic mass is 10.0. The van der Waals surface area contributed by atoms with Gasteiger partial charge in [0.2, 0.25) is 0 Å². The standard InChI is InChI=1S/C21H26ClFN4O/c1-28-8-2-7-27-12-14-9-17(10-15(14)13-27)24-21-6-5-20(25-26-21)18-11-16(23)3-4-19(18)22/h3-6,11,14-15,17H,2,7-10,12-13H2,1H3,(H,24,26)/t14-,15?,17?/m1/s1. The first-order valence-electron chi connectivity index (χ1n) is 9.89. The predicted molar refractivity (Wildman–Crippen MR) is 109 cm³/mol. The monoisotopic (exact) mass is 404 g/mol. The first-order chi connectivity index (χ1) is 13.6. The first-order valence-corrected chi connectivity index (χ1v) is 10.3. The summed E-state index contributed by atoms with van der Waals surface area (Å²) in [7, 11) is 1.76. The van der Waals surface area contributed by atoms with Crippen LogP contribution in [0.3, 0.4) is 0 Å². The van der Waals surface area contributed by atoms with E-state index in [4.69, 9.17) is 16.3 Å². The molecule has 1 aromatic heterocycles. The van der Waals surface area contributed by atoms with Gasteiger partial charge in [0, 0.05) is 45.0 Å². The number of halogens is 2. The molecule has 1 saturated carbocycles. The lowest BCUT2D eigenvalue weighted by Gasteiger charge is -2.19. The van der Waals surface area contributed by atoms with Gasteiger partial charge in [0.25, 0.3) is 0 Å². The number of rotatable bonds is 7. The zero-order valence-corrected chi connectivity index (χ0v) is 16.8. The summed E-state index contributed by atoms with van der Waals surface area (Å²) in [6.45, 7) is 4.35. The van der Waals surface area contributed by atoms with Crippen LogP contribution in [0.5, 0.6) is 0 Å². The second-order valence-electron chi connectivity index (χ2n) is 7.87. The van der Waals surface area contributed by atoms with Crippen molar-refractivity contribution in [3.8, 4) is 11.3 Å². The van der Waals surface area contributed by atoms with Crippen molar-refractivity contribution < 1.29 is 9.13 Å². The fourth-order valence-electron chi connectivity index (χ4n) is 4.59. The van der Waals surface area contributed by atoms with Crippen LogP contribution >= 0.6 is 11.6 Å². The number of methoxy groups -OCH3 is 1. The highest BCUT2D eigenvalue weighted by molar-refractivity contribution is 6.33. The lowest BCUT2D eigenvalue weighted by Crippen LogP contribution is -2.26. The molecule has 7 heteroatoms. The molecule has 4 rings (SSSR count). The molecule has 28 heavy (non-hydrogen) atoms. The van der Waals surface area contributed by atoms with Crippen LogP contribution in [0.4, 0.5) is 10.2 Å². The number of benzene rings is 1. The van der Waals surface area contributed by atoms with Crippen LogP contribution in [0.1, 0.15) is 19.3 Å². The van der Waals surface area contributed by atoms with Crippen molar-refractivity contribution in [3.63, 3.8) is 0 Å². The second-order valence-corrected chi connectivity index (χ2v) is 8.27. The van der Waals surface area contributed by atoms with Gasteiger partial charge in [0.1, 0.15) is 11.6 Å². The highest BCUT2D eigenvalue weighted by Crippen LogP contribution is 2.39. The van der Waals surface area contributed by atoms with Crippen LogP contribution in [0, 0.1) is 17.7 Å². The summed E-state index contributed by atoms with van der Waals surface area (Å²) < 4.78 is 18.6. The molecule has 2 heterocycles. The molecule has 3 atom stereocenters. The maximum Gasteiger partial charge on any atom is 0.148 e. The highest BCUT2D eigenvalue weighted by atomic mass is 35.5. The number of ether oxygens (including phenoxy) is 1. The third-order valence-corrected chi connectivity index (χ3v) is 6.20. The van der Waals surface area contributed by atoms with E-state index < -0.39 is 0 Å². The van der Waals surface area contributed by atoms with Gasteiger partial charge in [0.05, 0.1) is 10.7 Å². The van der Waals surface area contributed by atoms with Gasteiger partial charge in [-0.3, -0.25) is 0 Å². The molecular formula is C21H26ClFN4O. The molecule has 1 aromatic carbocycles. The summed E-state index contributed by atoms with van der Waals surface area (Å²) in [6, 6.07) is 8.43. The van der Waals surface area contributed by atoms with Crippen LogP contribution < -0.4 is 5.32 Å². The van der Waals surface area contributed by atoms with Crippen molar-refractivity contribution in [1.82, 2.24) is 15.1 Å². The van der Waals surface area contributed by atoms with E-state index in [0.29, 0.717) is 22.3 Å². The molecule has 150 valence electrons. The summed E-state index contributed by atoms with van der Waals surface area (Å²) in [5.41, 5.74) is 1.13. The topological polar surface area (TPSA) is 50.3 Å². The molecule has 2 aliphatic rings. The average molecular weight is 405 g/mol. The molecule has 1 saturated heterocycles. The van der Waals surface area contributed by atoms with Crippen molar-refractivity contribution in [2.75, 3.05) is 38.7 Å². The molecule has 0 spiro atoms. The second kappa shape index (κ2) is 8.72. The SMILES string of the molecule is COCCCN1CC2CC(Nc3ccc(-c4cc(F)ccc4Cl)nn3)C[C@@H]2C1. The number of nitrogens with one attached hydrogen (secondary N) is 1. The van der Waals surface area contributed by atoms with Crippen molar-refractivity contribution >= 4 is 17.4 Å². The largest absolute Gasteiger partial charge is 0.385 e. The number of aromatic nitrogens is 2. The Morgan fingerprint density at radius 1 is 1.18 bits per heavy atom. The molecule has 2 aromatic rings. The molecule has 1 aliphatic carbocycles. The summed E-state index contributed by atoms with van der Waals surface area (Å²) in [4.78, 5) is 2.57. The van der Waals surface area contributed by atoms with Crippen molar-refractivity contribution in [3.05, 3.63) is 41.2 Å². The molecule has 0 amide bonds. The number of anilines is 1. The Kier molecular flexibility index (Phi) is 6.09. The minimum absolute atomic E-state index is 0.336. The van der Waals surface area contributed by atoms with E-state index in [9.17, 15) is 4.39 Å². The summed E-state index contributed by atoms with van der Waals surface area (Å²) in [5, 5.41) is 12.5. The van der Waals surface area contributed by atoms with E-state index in [1.54, 1.807) is 7.11 Å². The molecule has 5 nitrogen and oxygen atoms in total. The number of hydrogen-bond donors (Lipinski definition) is 1. The summed E-state index contributed by atoms with van der Waals surface area (Å²) >= 11 is 6.15. The van der Waals surface area contributed by atoms with Crippen LogP contribution in [0.25, 0.3) is 11.3 Å². The van der Waals surface area contributed by atoms with Crippen LogP contribution in [0.2, 0.25) is 5.02 Å². The molecule has 2 unspecified atom stereocenters. The van der Waals surface area contributed by atoms with Crippen LogP contribution in [-0.4, -0.2) is 54.5 Å². The number of nitrogens with zero attached hydrogens (tertiary/aromatic N) is 3. The molecule has 1 N–H and O–H groups in total. The number of fused-ring (bicyclic) bond motifs is 1. The Morgan fingerprint density at radius 3 is 2.64 bits per heavy atom. The quantitative estimate of drug-likeness (QED) is 0.704. The normalized spacial score (nSPS) is 24.5. The van der Waals surface area contributed by atoms with Crippen molar-refractivity contribution in [2.24, 2.45) is 11.8 Å². The van der Waals surface area contributed by atoms with Gasteiger partial charge >= 0.3 is 0 Å². The van der Waals surface area contributed by atoms with Gasteiger partial charge in [-0.05, 0) is 61.4 Å². The maximum atomic E-state index is 13.5. The third kappa shape index (κ3) is 4.45. The minimum Gasteiger partial charge on any atom is -0.385 e. The molecule has 2 fully saturated rings. The van der Waals surface area contributed by atoms with Crippen molar-refractivity contribution in [1.29, 1.82) is 0 Å². The van der Waals surface area contributed by atoms with Gasteiger partial charge < -0.3 is 15.0 Å². The van der Waals surface area contributed by atoms with E-state index in [-0.39, 0.29) is 5.82 Å². The number of likely N-dealkylation sites (tertiary alicyclic amines) is 1. The van der Waals surface area contributed by atoms with Crippen LogP contribution in [-0.2, 0) is 4.74 Å². The molecule has 0 bridgehead atoms. The Balaban J connectivity index is 1.31. The predicted octanol–water partition coefficient (Wildman–Crippen LogP) is 4.09. The van der Waals surface area contributed by atoms with Crippen LogP contribution in [0.15, 0.2) is 30.3 Å². The van der Waals surface area contributed by atoms with Gasteiger partial charge in [-0.15, -0.1) is 10.2 Å².